The van der Waals surface area contributed by atoms with E-state index in [1.165, 1.54) is 20.8 Å². The Morgan fingerprint density at radius 2 is 1.47 bits per heavy atom. The fourth-order valence-corrected chi connectivity index (χ4v) is 3.35. The first-order valence-electron chi connectivity index (χ1n) is 10.2. The van der Waals surface area contributed by atoms with E-state index in [9.17, 15) is 40.7 Å². The Kier molecular flexibility index (Phi) is 9.01. The van der Waals surface area contributed by atoms with Crippen LogP contribution in [-0.2, 0) is 19.1 Å². The average molecular weight is 477 g/mol. The molecule has 0 aliphatic carbocycles. The maximum atomic E-state index is 13.2. The van der Waals surface area contributed by atoms with Gasteiger partial charge in [0.15, 0.2) is 0 Å². The summed E-state index contributed by atoms with van der Waals surface area (Å²) >= 11 is 0. The Hall–Kier alpha value is -2.01. The number of nitrogens with zero attached hydrogens (tertiary/aromatic N) is 1. The first-order valence-corrected chi connectivity index (χ1v) is 10.2. The molecule has 32 heavy (non-hydrogen) atoms. The van der Waals surface area contributed by atoms with Gasteiger partial charge in [0, 0.05) is 12.8 Å². The molecule has 1 unspecified atom stereocenters. The zero-order valence-corrected chi connectivity index (χ0v) is 18.6. The average Bonchev–Trinajstić information content (AvgIpc) is 2.95. The Morgan fingerprint density at radius 1 is 1.00 bits per heavy atom. The minimum Gasteiger partial charge on any atom is -0.460 e. The van der Waals surface area contributed by atoms with Gasteiger partial charge in [0.2, 0.25) is 5.91 Å². The topological polar surface area (TPSA) is 72.9 Å². The molecule has 1 fully saturated rings. The summed E-state index contributed by atoms with van der Waals surface area (Å²) < 4.78 is 87.4. The molecule has 1 aliphatic rings. The molecule has 0 bridgehead atoms. The lowest BCUT2D eigenvalue weighted by Crippen LogP contribution is -2.48. The fraction of sp³-hybridized carbons (Fsp3) is 0.850. The van der Waals surface area contributed by atoms with Crippen molar-refractivity contribution < 1.29 is 50.2 Å². The van der Waals surface area contributed by atoms with E-state index in [0.717, 1.165) is 0 Å². The fourth-order valence-electron chi connectivity index (χ4n) is 3.35. The SMILES string of the molecule is CC(C)[C@H]1COC(=O)N1C(=O)[C@H](CCC(F)(F)F)C(CCC(F)(F)F)C(=O)OC(C)(C)C. The number of carbonyl (C=O) groups excluding carboxylic acids is 3. The third kappa shape index (κ3) is 8.85. The third-order valence-corrected chi connectivity index (χ3v) is 4.90. The van der Waals surface area contributed by atoms with E-state index in [-0.39, 0.29) is 12.5 Å². The summed E-state index contributed by atoms with van der Waals surface area (Å²) in [5.74, 6) is -6.40. The molecule has 6 nitrogen and oxygen atoms in total. The second-order valence-electron chi connectivity index (χ2n) is 9.15. The Morgan fingerprint density at radius 3 is 1.88 bits per heavy atom. The van der Waals surface area contributed by atoms with Crippen molar-refractivity contribution in [3.8, 4) is 0 Å². The molecule has 186 valence electrons. The maximum absolute atomic E-state index is 13.2. The molecule has 12 heteroatoms. The number of rotatable bonds is 8. The number of halogens is 6. The first kappa shape index (κ1) is 28.0. The van der Waals surface area contributed by atoms with Gasteiger partial charge in [0.25, 0.3) is 0 Å². The van der Waals surface area contributed by atoms with Gasteiger partial charge in [-0.15, -0.1) is 0 Å². The second-order valence-corrected chi connectivity index (χ2v) is 9.15. The number of amides is 2. The zero-order valence-electron chi connectivity index (χ0n) is 18.6. The van der Waals surface area contributed by atoms with Gasteiger partial charge in [0.1, 0.15) is 12.2 Å². The third-order valence-electron chi connectivity index (χ3n) is 4.90. The normalized spacial score (nSPS) is 19.7. The molecule has 0 spiro atoms. The van der Waals surface area contributed by atoms with Crippen LogP contribution >= 0.6 is 0 Å². The van der Waals surface area contributed by atoms with Gasteiger partial charge in [-0.3, -0.25) is 9.59 Å². The van der Waals surface area contributed by atoms with Crippen LogP contribution in [0.15, 0.2) is 0 Å². The molecule has 0 aromatic heterocycles. The maximum Gasteiger partial charge on any atom is 0.416 e. The van der Waals surface area contributed by atoms with Crippen molar-refractivity contribution in [3.05, 3.63) is 0 Å². The molecule has 0 N–H and O–H groups in total. The molecule has 1 saturated heterocycles. The lowest BCUT2D eigenvalue weighted by Gasteiger charge is -2.32. The molecule has 0 radical (unpaired) electrons. The minimum atomic E-state index is -4.73. The van der Waals surface area contributed by atoms with Crippen molar-refractivity contribution in [2.45, 2.75) is 84.3 Å². The lowest BCUT2D eigenvalue weighted by atomic mass is 9.83. The summed E-state index contributed by atoms with van der Waals surface area (Å²) in [4.78, 5) is 38.7. The molecule has 0 aromatic carbocycles. The van der Waals surface area contributed by atoms with Gasteiger partial charge >= 0.3 is 24.4 Å². The largest absolute Gasteiger partial charge is 0.460 e. The van der Waals surface area contributed by atoms with Gasteiger partial charge in [-0.05, 0) is 39.5 Å². The van der Waals surface area contributed by atoms with Gasteiger partial charge in [-0.1, -0.05) is 13.8 Å². The van der Waals surface area contributed by atoms with E-state index in [4.69, 9.17) is 9.47 Å². The molecule has 1 aliphatic heterocycles. The van der Waals surface area contributed by atoms with Crippen molar-refractivity contribution in [3.63, 3.8) is 0 Å². The summed E-state index contributed by atoms with van der Waals surface area (Å²) in [6, 6.07) is -0.815. The van der Waals surface area contributed by atoms with Gasteiger partial charge < -0.3 is 9.47 Å². The van der Waals surface area contributed by atoms with E-state index in [0.29, 0.717) is 4.90 Å². The lowest BCUT2D eigenvalue weighted by molar-refractivity contribution is -0.172. The van der Waals surface area contributed by atoms with Crippen LogP contribution in [-0.4, -0.2) is 53.5 Å². The van der Waals surface area contributed by atoms with E-state index in [2.05, 4.69) is 0 Å². The minimum absolute atomic E-state index is 0.201. The molecule has 1 heterocycles. The molecule has 0 saturated carbocycles. The number of hydrogen-bond donors (Lipinski definition) is 0. The van der Waals surface area contributed by atoms with Crippen molar-refractivity contribution in [2.75, 3.05) is 6.61 Å². The van der Waals surface area contributed by atoms with Crippen LogP contribution in [0.25, 0.3) is 0 Å². The Balaban J connectivity index is 3.37. The number of ether oxygens (including phenoxy) is 2. The second kappa shape index (κ2) is 10.3. The van der Waals surface area contributed by atoms with Gasteiger partial charge in [-0.2, -0.15) is 26.3 Å². The van der Waals surface area contributed by atoms with Crippen LogP contribution in [0.4, 0.5) is 31.1 Å². The van der Waals surface area contributed by atoms with E-state index >= 15 is 0 Å². The van der Waals surface area contributed by atoms with Crippen molar-refractivity contribution >= 4 is 18.0 Å². The number of cyclic esters (lactones) is 1. The predicted molar refractivity (Wildman–Crippen MR) is 100 cm³/mol. The highest BCUT2D eigenvalue weighted by Gasteiger charge is 2.48. The van der Waals surface area contributed by atoms with Crippen LogP contribution in [0.1, 0.15) is 60.3 Å². The van der Waals surface area contributed by atoms with Gasteiger partial charge in [-0.25, -0.2) is 9.69 Å². The summed E-state index contributed by atoms with van der Waals surface area (Å²) in [5, 5.41) is 0. The Labute approximate surface area is 182 Å². The van der Waals surface area contributed by atoms with Crippen LogP contribution < -0.4 is 0 Å². The predicted octanol–water partition coefficient (Wildman–Crippen LogP) is 5.25. The molecular weight excluding hydrogens is 448 g/mol. The number of hydrogen-bond acceptors (Lipinski definition) is 5. The summed E-state index contributed by atoms with van der Waals surface area (Å²) in [6.45, 7) is 7.40. The van der Waals surface area contributed by atoms with Crippen molar-refractivity contribution in [1.29, 1.82) is 0 Å². The number of carbonyl (C=O) groups is 3. The monoisotopic (exact) mass is 477 g/mol. The highest BCUT2D eigenvalue weighted by atomic mass is 19.4. The summed E-state index contributed by atoms with van der Waals surface area (Å²) in [6.07, 6.45) is -15.5. The van der Waals surface area contributed by atoms with Gasteiger partial charge in [0.05, 0.1) is 17.9 Å². The van der Waals surface area contributed by atoms with Crippen LogP contribution in [0, 0.1) is 17.8 Å². The van der Waals surface area contributed by atoms with Crippen LogP contribution in [0.3, 0.4) is 0 Å². The highest BCUT2D eigenvalue weighted by Crippen LogP contribution is 2.36. The van der Waals surface area contributed by atoms with Crippen molar-refractivity contribution in [1.82, 2.24) is 4.90 Å². The summed E-state index contributed by atoms with van der Waals surface area (Å²) in [5.41, 5.74) is -1.15. The molecule has 2 amide bonds. The molecule has 3 atom stereocenters. The first-order chi connectivity index (χ1) is 14.3. The van der Waals surface area contributed by atoms with E-state index < -0.39 is 79.5 Å². The van der Waals surface area contributed by atoms with E-state index in [1.54, 1.807) is 13.8 Å². The molecule has 0 aromatic rings. The van der Waals surface area contributed by atoms with Crippen molar-refractivity contribution in [2.24, 2.45) is 17.8 Å². The number of alkyl halides is 6. The van der Waals surface area contributed by atoms with Crippen LogP contribution in [0.2, 0.25) is 0 Å². The molecule has 1 rings (SSSR count). The quantitative estimate of drug-likeness (QED) is 0.353. The smallest absolute Gasteiger partial charge is 0.416 e. The highest BCUT2D eigenvalue weighted by molar-refractivity contribution is 5.96. The zero-order chi connectivity index (χ0) is 25.1. The standard InChI is InChI=1S/C20H29F6NO5/c1-11(2)14-10-31-17(30)27(14)15(28)12(6-8-19(21,22)23)13(7-9-20(24,25)26)16(29)32-18(3,4)5/h11-14H,6-10H2,1-5H3/t12-,13?,14-/m1/s1. The Bertz CT molecular complexity index is 683. The number of imide groups is 1. The molecular formula is C20H29F6NO5. The van der Waals surface area contributed by atoms with E-state index in [1.807, 2.05) is 0 Å². The van der Waals surface area contributed by atoms with Crippen LogP contribution in [0.5, 0.6) is 0 Å². The summed E-state index contributed by atoms with van der Waals surface area (Å²) in [7, 11) is 0. The number of esters is 1.